The van der Waals surface area contributed by atoms with Crippen LogP contribution in [0.15, 0.2) is 59.9 Å². The maximum Gasteiger partial charge on any atom is 0.161 e. The number of ether oxygens (including phenoxy) is 3. The number of halogens is 1. The average molecular weight is 509 g/mol. The second-order valence-electron chi connectivity index (χ2n) is 8.52. The molecule has 2 aromatic heterocycles. The van der Waals surface area contributed by atoms with E-state index in [1.807, 2.05) is 56.6 Å². The molecule has 1 N–H and O–H groups in total. The van der Waals surface area contributed by atoms with Crippen molar-refractivity contribution in [2.75, 3.05) is 41.5 Å². The molecule has 9 heteroatoms. The van der Waals surface area contributed by atoms with E-state index in [0.29, 0.717) is 18.1 Å². The largest absolute Gasteiger partial charge is 0.493 e. The zero-order valence-corrected chi connectivity index (χ0v) is 21.5. The molecule has 0 saturated carbocycles. The zero-order valence-electron chi connectivity index (χ0n) is 20.7. The molecule has 188 valence electrons. The Bertz CT molecular complexity index is 1390. The van der Waals surface area contributed by atoms with E-state index >= 15 is 0 Å². The molecule has 2 heterocycles. The van der Waals surface area contributed by atoms with Gasteiger partial charge in [-0.3, -0.25) is 4.98 Å². The van der Waals surface area contributed by atoms with Crippen molar-refractivity contribution in [2.45, 2.75) is 6.61 Å². The first-order chi connectivity index (χ1) is 17.1. The van der Waals surface area contributed by atoms with Crippen LogP contribution in [-0.2, 0) is 11.4 Å². The number of hydrogen-bond acceptors (Lipinski definition) is 7. The summed E-state index contributed by atoms with van der Waals surface area (Å²) >= 11 is 0. The fourth-order valence-corrected chi connectivity index (χ4v) is 4.21. The number of fused-ring (bicyclic) bond motifs is 5. The second-order valence-corrected chi connectivity index (χ2v) is 8.52. The molecule has 0 atom stereocenters. The molecule has 0 bridgehead atoms. The molecule has 4 aromatic rings. The number of pyridine rings is 1. The Kier molecular flexibility index (Phi) is 7.67. The molecule has 0 unspecified atom stereocenters. The Morgan fingerprint density at radius 1 is 0.972 bits per heavy atom. The minimum atomic E-state index is 0. The Balaban J connectivity index is 0.00000304. The lowest BCUT2D eigenvalue weighted by Gasteiger charge is -2.12. The van der Waals surface area contributed by atoms with Gasteiger partial charge in [0.05, 0.1) is 25.6 Å². The van der Waals surface area contributed by atoms with Gasteiger partial charge in [0.25, 0.3) is 0 Å². The molecular weight excluding hydrogens is 480 g/mol. The summed E-state index contributed by atoms with van der Waals surface area (Å²) in [6, 6.07) is 15.7. The normalized spacial score (nSPS) is 12.9. The lowest BCUT2D eigenvalue weighted by atomic mass is 10.1. The van der Waals surface area contributed by atoms with E-state index in [1.54, 1.807) is 20.4 Å². The second kappa shape index (κ2) is 10.9. The van der Waals surface area contributed by atoms with E-state index in [0.717, 1.165) is 57.0 Å². The Hall–Kier alpha value is -3.75. The molecule has 1 aliphatic carbocycles. The lowest BCUT2D eigenvalue weighted by molar-refractivity contribution is 0.128. The Labute approximate surface area is 216 Å². The van der Waals surface area contributed by atoms with Crippen molar-refractivity contribution in [3.8, 4) is 28.5 Å². The summed E-state index contributed by atoms with van der Waals surface area (Å²) in [5, 5.41) is 5.59. The van der Waals surface area contributed by atoms with E-state index in [-0.39, 0.29) is 19.0 Å². The quantitative estimate of drug-likeness (QED) is 0.285. The molecule has 1 aliphatic rings. The predicted octanol–water partition coefficient (Wildman–Crippen LogP) is 4.89. The first-order valence-electron chi connectivity index (χ1n) is 11.4. The number of benzene rings is 2. The topological polar surface area (TPSA) is 81.2 Å². The van der Waals surface area contributed by atoms with Crippen LogP contribution in [0.1, 0.15) is 16.8 Å². The number of H-pyrrole nitrogens is 1. The molecular formula is C27H29ClN4O4. The first kappa shape index (κ1) is 25.3. The summed E-state index contributed by atoms with van der Waals surface area (Å²) in [5.74, 6) is 2.09. The number of oxime groups is 1. The smallest absolute Gasteiger partial charge is 0.161 e. The molecule has 0 radical (unpaired) electrons. The van der Waals surface area contributed by atoms with Crippen molar-refractivity contribution in [1.29, 1.82) is 0 Å². The highest BCUT2D eigenvalue weighted by atomic mass is 35.5. The van der Waals surface area contributed by atoms with Crippen LogP contribution >= 0.6 is 12.4 Å². The van der Waals surface area contributed by atoms with Crippen molar-refractivity contribution < 1.29 is 19.0 Å². The van der Waals surface area contributed by atoms with Crippen LogP contribution in [0, 0.1) is 0 Å². The van der Waals surface area contributed by atoms with Gasteiger partial charge in [0.2, 0.25) is 0 Å². The van der Waals surface area contributed by atoms with E-state index in [4.69, 9.17) is 19.0 Å². The van der Waals surface area contributed by atoms with Crippen molar-refractivity contribution in [1.82, 2.24) is 14.9 Å². The van der Waals surface area contributed by atoms with Crippen molar-refractivity contribution in [3.05, 3.63) is 71.5 Å². The third-order valence-corrected chi connectivity index (χ3v) is 5.96. The van der Waals surface area contributed by atoms with Crippen LogP contribution in [0.25, 0.3) is 22.2 Å². The molecule has 8 nitrogen and oxygen atoms in total. The van der Waals surface area contributed by atoms with Gasteiger partial charge in [-0.25, -0.2) is 0 Å². The highest BCUT2D eigenvalue weighted by molar-refractivity contribution is 6.30. The van der Waals surface area contributed by atoms with Crippen LogP contribution in [-0.4, -0.2) is 62.0 Å². The monoisotopic (exact) mass is 508 g/mol. The van der Waals surface area contributed by atoms with Gasteiger partial charge in [0, 0.05) is 40.3 Å². The fourth-order valence-electron chi connectivity index (χ4n) is 4.21. The highest BCUT2D eigenvalue weighted by Crippen LogP contribution is 2.46. The highest BCUT2D eigenvalue weighted by Gasteiger charge is 2.32. The van der Waals surface area contributed by atoms with Gasteiger partial charge in [-0.1, -0.05) is 11.2 Å². The summed E-state index contributed by atoms with van der Waals surface area (Å²) in [5.41, 5.74) is 6.33. The van der Waals surface area contributed by atoms with Gasteiger partial charge in [-0.15, -0.1) is 12.4 Å². The number of hydrogen-bond donors (Lipinski definition) is 1. The fraction of sp³-hybridized carbons (Fsp3) is 0.259. The molecule has 0 saturated heterocycles. The standard InChI is InChI=1S/C27H28N4O4.ClH/c1-31(2)11-12-34-18-8-9-22-21(13-18)25-26(29-22)19-14-23(32-3)24(33-4)15-20(19)27(25)30-35-16-17-7-5-6-10-28-17;/h5-10,13-15,29H,11-12,16H2,1-4H3;1H/b30-27-;. The predicted molar refractivity (Wildman–Crippen MR) is 143 cm³/mol. The molecule has 36 heavy (non-hydrogen) atoms. The first-order valence-corrected chi connectivity index (χ1v) is 11.4. The minimum Gasteiger partial charge on any atom is -0.493 e. The van der Waals surface area contributed by atoms with Crippen LogP contribution in [0.2, 0.25) is 0 Å². The van der Waals surface area contributed by atoms with Gasteiger partial charge in [-0.05, 0) is 56.6 Å². The number of rotatable bonds is 9. The SMILES string of the molecule is COc1cc2c(cc1OC)-c1[nH]c3ccc(OCCN(C)C)cc3c1/C2=N\OCc1ccccn1.Cl. The number of likely N-dealkylation sites (N-methyl/N-ethyl adjacent to an activating group) is 1. The summed E-state index contributed by atoms with van der Waals surface area (Å²) < 4.78 is 17.1. The zero-order chi connectivity index (χ0) is 24.4. The number of methoxy groups -OCH3 is 2. The van der Waals surface area contributed by atoms with Gasteiger partial charge < -0.3 is 28.9 Å². The lowest BCUT2D eigenvalue weighted by Crippen LogP contribution is -2.19. The molecule has 0 aliphatic heterocycles. The summed E-state index contributed by atoms with van der Waals surface area (Å²) in [4.78, 5) is 15.7. The molecule has 2 aromatic carbocycles. The summed E-state index contributed by atoms with van der Waals surface area (Å²) in [6.07, 6.45) is 1.74. The molecule has 5 rings (SSSR count). The summed E-state index contributed by atoms with van der Waals surface area (Å²) in [6.45, 7) is 1.71. The third kappa shape index (κ3) is 4.82. The van der Waals surface area contributed by atoms with Crippen LogP contribution in [0.5, 0.6) is 17.2 Å². The number of nitrogens with one attached hydrogen (secondary N) is 1. The van der Waals surface area contributed by atoms with Crippen molar-refractivity contribution in [3.63, 3.8) is 0 Å². The number of aromatic nitrogens is 2. The van der Waals surface area contributed by atoms with Crippen LogP contribution in [0.3, 0.4) is 0 Å². The van der Waals surface area contributed by atoms with Gasteiger partial charge >= 0.3 is 0 Å². The van der Waals surface area contributed by atoms with Crippen LogP contribution < -0.4 is 14.2 Å². The van der Waals surface area contributed by atoms with Crippen molar-refractivity contribution >= 4 is 29.0 Å². The molecule has 0 amide bonds. The molecule has 0 fully saturated rings. The third-order valence-electron chi connectivity index (χ3n) is 5.96. The molecule has 0 spiro atoms. The van der Waals surface area contributed by atoms with E-state index in [2.05, 4.69) is 26.1 Å². The van der Waals surface area contributed by atoms with E-state index in [9.17, 15) is 0 Å². The van der Waals surface area contributed by atoms with E-state index in [1.165, 1.54) is 0 Å². The Morgan fingerprint density at radius 3 is 2.44 bits per heavy atom. The van der Waals surface area contributed by atoms with Gasteiger partial charge in [-0.2, -0.15) is 0 Å². The van der Waals surface area contributed by atoms with E-state index < -0.39 is 0 Å². The summed E-state index contributed by atoms with van der Waals surface area (Å²) in [7, 11) is 7.31. The number of aromatic amines is 1. The minimum absolute atomic E-state index is 0. The van der Waals surface area contributed by atoms with Gasteiger partial charge in [0.1, 0.15) is 18.1 Å². The van der Waals surface area contributed by atoms with Crippen LogP contribution in [0.4, 0.5) is 0 Å². The average Bonchev–Trinajstić information content (AvgIpc) is 3.38. The number of nitrogens with zero attached hydrogens (tertiary/aromatic N) is 3. The maximum atomic E-state index is 6.00. The van der Waals surface area contributed by atoms with Gasteiger partial charge in [0.15, 0.2) is 18.1 Å². The Morgan fingerprint density at radius 2 is 1.75 bits per heavy atom. The maximum absolute atomic E-state index is 6.00. The van der Waals surface area contributed by atoms with Crippen molar-refractivity contribution in [2.24, 2.45) is 5.16 Å².